The van der Waals surface area contributed by atoms with Crippen LogP contribution in [-0.2, 0) is 6.42 Å². The van der Waals surface area contributed by atoms with Gasteiger partial charge >= 0.3 is 0 Å². The third-order valence-corrected chi connectivity index (χ3v) is 3.05. The van der Waals surface area contributed by atoms with E-state index in [1.807, 2.05) is 6.20 Å². The monoisotopic (exact) mass is 204 g/mol. The first kappa shape index (κ1) is 10.2. The number of likely N-dealkylation sites (tertiary alicyclic amines) is 1. The Labute approximate surface area is 89.9 Å². The molecule has 1 N–H and O–H groups in total. The molecule has 0 unspecified atom stereocenters. The summed E-state index contributed by atoms with van der Waals surface area (Å²) in [7, 11) is 2.16. The molecule has 1 saturated heterocycles. The Bertz CT molecular complexity index is 355. The van der Waals surface area contributed by atoms with Crippen LogP contribution in [-0.4, -0.2) is 35.0 Å². The number of nitrogens with zero attached hydrogens (tertiary/aromatic N) is 3. The second-order valence-corrected chi connectivity index (χ2v) is 4.20. The molecule has 0 radical (unpaired) electrons. The molecule has 4 nitrogen and oxygen atoms in total. The largest absolute Gasteiger partial charge is 0.345 e. The van der Waals surface area contributed by atoms with Crippen molar-refractivity contribution in [3.05, 3.63) is 17.7 Å². The van der Waals surface area contributed by atoms with Crippen molar-refractivity contribution in [2.45, 2.75) is 25.2 Å². The zero-order chi connectivity index (χ0) is 10.7. The van der Waals surface area contributed by atoms with E-state index in [-0.39, 0.29) is 0 Å². The molecule has 2 rings (SSSR count). The third-order valence-electron chi connectivity index (χ3n) is 3.05. The SMILES string of the molecule is CN1CCC(c2cnc(CC#N)[nH]2)CC1. The summed E-state index contributed by atoms with van der Waals surface area (Å²) in [5.74, 6) is 1.40. The van der Waals surface area contributed by atoms with Gasteiger partial charge in [-0.25, -0.2) is 4.98 Å². The normalized spacial score (nSPS) is 18.9. The molecule has 0 aliphatic carbocycles. The number of nitrogens with one attached hydrogen (secondary N) is 1. The average Bonchev–Trinajstić information content (AvgIpc) is 2.68. The fourth-order valence-corrected chi connectivity index (χ4v) is 2.07. The van der Waals surface area contributed by atoms with Gasteiger partial charge in [0.1, 0.15) is 5.82 Å². The average molecular weight is 204 g/mol. The molecule has 15 heavy (non-hydrogen) atoms. The second-order valence-electron chi connectivity index (χ2n) is 4.20. The van der Waals surface area contributed by atoms with E-state index in [0.717, 1.165) is 18.9 Å². The summed E-state index contributed by atoms with van der Waals surface area (Å²) in [5, 5.41) is 8.56. The van der Waals surface area contributed by atoms with Crippen LogP contribution in [0.25, 0.3) is 0 Å². The summed E-state index contributed by atoms with van der Waals surface area (Å²) in [6, 6.07) is 2.11. The molecular formula is C11H16N4. The molecule has 0 atom stereocenters. The molecule has 0 bridgehead atoms. The number of rotatable bonds is 2. The highest BCUT2D eigenvalue weighted by Gasteiger charge is 2.19. The van der Waals surface area contributed by atoms with E-state index < -0.39 is 0 Å². The lowest BCUT2D eigenvalue weighted by Gasteiger charge is -2.28. The second kappa shape index (κ2) is 4.45. The quantitative estimate of drug-likeness (QED) is 0.789. The number of nitriles is 1. The van der Waals surface area contributed by atoms with Crippen molar-refractivity contribution in [2.75, 3.05) is 20.1 Å². The van der Waals surface area contributed by atoms with Gasteiger partial charge in [0.05, 0.1) is 12.5 Å². The summed E-state index contributed by atoms with van der Waals surface area (Å²) >= 11 is 0. The Balaban J connectivity index is 2.00. The summed E-state index contributed by atoms with van der Waals surface area (Å²) < 4.78 is 0. The molecule has 4 heteroatoms. The zero-order valence-corrected chi connectivity index (χ0v) is 9.03. The maximum absolute atomic E-state index is 8.56. The first-order chi connectivity index (χ1) is 7.29. The molecule has 0 spiro atoms. The minimum Gasteiger partial charge on any atom is -0.345 e. The predicted molar refractivity (Wildman–Crippen MR) is 57.4 cm³/mol. The molecule has 1 fully saturated rings. The van der Waals surface area contributed by atoms with E-state index in [0.29, 0.717) is 12.3 Å². The van der Waals surface area contributed by atoms with E-state index >= 15 is 0 Å². The van der Waals surface area contributed by atoms with Gasteiger partial charge in [-0.05, 0) is 33.0 Å². The van der Waals surface area contributed by atoms with Gasteiger partial charge < -0.3 is 9.88 Å². The van der Waals surface area contributed by atoms with Crippen LogP contribution in [0.3, 0.4) is 0 Å². The molecule has 1 aromatic rings. The number of imidazole rings is 1. The van der Waals surface area contributed by atoms with Crippen molar-refractivity contribution >= 4 is 0 Å². The van der Waals surface area contributed by atoms with Gasteiger partial charge in [0.25, 0.3) is 0 Å². The van der Waals surface area contributed by atoms with Gasteiger partial charge in [-0.2, -0.15) is 5.26 Å². The van der Waals surface area contributed by atoms with Crippen LogP contribution >= 0.6 is 0 Å². The summed E-state index contributed by atoms with van der Waals surface area (Å²) in [6.07, 6.45) is 4.64. The highest BCUT2D eigenvalue weighted by molar-refractivity contribution is 5.10. The standard InChI is InChI=1S/C11H16N4/c1-15-6-3-9(4-7-15)10-8-13-11(14-10)2-5-12/h8-9H,2-4,6-7H2,1H3,(H,13,14). The van der Waals surface area contributed by atoms with Gasteiger partial charge in [0, 0.05) is 17.8 Å². The molecule has 1 aromatic heterocycles. The highest BCUT2D eigenvalue weighted by Crippen LogP contribution is 2.25. The van der Waals surface area contributed by atoms with Gasteiger partial charge in [-0.1, -0.05) is 0 Å². The lowest BCUT2D eigenvalue weighted by molar-refractivity contribution is 0.253. The van der Waals surface area contributed by atoms with Gasteiger partial charge in [0.15, 0.2) is 0 Å². The molecule has 1 aliphatic heterocycles. The van der Waals surface area contributed by atoms with Crippen molar-refractivity contribution in [3.8, 4) is 6.07 Å². The molecule has 2 heterocycles. The maximum atomic E-state index is 8.56. The minimum absolute atomic E-state index is 0.382. The number of aromatic amines is 1. The van der Waals surface area contributed by atoms with Crippen molar-refractivity contribution in [1.29, 1.82) is 5.26 Å². The number of H-pyrrole nitrogens is 1. The van der Waals surface area contributed by atoms with Crippen LogP contribution in [0.5, 0.6) is 0 Å². The molecule has 0 amide bonds. The number of piperidine rings is 1. The van der Waals surface area contributed by atoms with E-state index in [9.17, 15) is 0 Å². The maximum Gasteiger partial charge on any atom is 0.120 e. The van der Waals surface area contributed by atoms with Crippen LogP contribution in [0.2, 0.25) is 0 Å². The molecule has 1 aliphatic rings. The molecule has 80 valence electrons. The fraction of sp³-hybridized carbons (Fsp3) is 0.636. The zero-order valence-electron chi connectivity index (χ0n) is 9.03. The van der Waals surface area contributed by atoms with Crippen molar-refractivity contribution < 1.29 is 0 Å². The van der Waals surface area contributed by atoms with E-state index in [2.05, 4.69) is 28.0 Å². The first-order valence-corrected chi connectivity index (χ1v) is 5.39. The van der Waals surface area contributed by atoms with Gasteiger partial charge in [-0.3, -0.25) is 0 Å². The lowest BCUT2D eigenvalue weighted by atomic mass is 9.94. The van der Waals surface area contributed by atoms with Crippen molar-refractivity contribution in [1.82, 2.24) is 14.9 Å². The van der Waals surface area contributed by atoms with Crippen molar-refractivity contribution in [3.63, 3.8) is 0 Å². The summed E-state index contributed by atoms with van der Waals surface area (Å²) in [6.45, 7) is 2.30. The Morgan fingerprint density at radius 1 is 1.60 bits per heavy atom. The molecule has 0 saturated carbocycles. The lowest BCUT2D eigenvalue weighted by Crippen LogP contribution is -2.29. The highest BCUT2D eigenvalue weighted by atomic mass is 15.1. The number of hydrogen-bond donors (Lipinski definition) is 1. The van der Waals surface area contributed by atoms with Gasteiger partial charge in [0.2, 0.25) is 0 Å². The van der Waals surface area contributed by atoms with Crippen LogP contribution in [0.1, 0.15) is 30.3 Å². The van der Waals surface area contributed by atoms with E-state index in [1.165, 1.54) is 18.5 Å². The van der Waals surface area contributed by atoms with Crippen LogP contribution < -0.4 is 0 Å². The Kier molecular flexibility index (Phi) is 3.02. The Hall–Kier alpha value is -1.34. The molecular weight excluding hydrogens is 188 g/mol. The fourth-order valence-electron chi connectivity index (χ4n) is 2.07. The molecule has 0 aromatic carbocycles. The smallest absolute Gasteiger partial charge is 0.120 e. The third kappa shape index (κ3) is 2.37. The number of hydrogen-bond acceptors (Lipinski definition) is 3. The minimum atomic E-state index is 0.382. The van der Waals surface area contributed by atoms with Crippen LogP contribution in [0.4, 0.5) is 0 Å². The predicted octanol–water partition coefficient (Wildman–Crippen LogP) is 1.28. The number of aromatic nitrogens is 2. The van der Waals surface area contributed by atoms with E-state index in [1.54, 1.807) is 0 Å². The Morgan fingerprint density at radius 3 is 3.00 bits per heavy atom. The summed E-state index contributed by atoms with van der Waals surface area (Å²) in [5.41, 5.74) is 1.20. The van der Waals surface area contributed by atoms with Crippen LogP contribution in [0.15, 0.2) is 6.20 Å². The Morgan fingerprint density at radius 2 is 2.33 bits per heavy atom. The van der Waals surface area contributed by atoms with Gasteiger partial charge in [-0.15, -0.1) is 0 Å². The first-order valence-electron chi connectivity index (χ1n) is 5.39. The van der Waals surface area contributed by atoms with Crippen molar-refractivity contribution in [2.24, 2.45) is 0 Å². The summed E-state index contributed by atoms with van der Waals surface area (Å²) in [4.78, 5) is 9.81. The van der Waals surface area contributed by atoms with E-state index in [4.69, 9.17) is 5.26 Å². The topological polar surface area (TPSA) is 55.7 Å². The van der Waals surface area contributed by atoms with Crippen LogP contribution in [0, 0.1) is 11.3 Å².